The summed E-state index contributed by atoms with van der Waals surface area (Å²) in [6.45, 7) is 3.38. The monoisotopic (exact) mass is 247 g/mol. The van der Waals surface area contributed by atoms with Crippen LogP contribution < -0.4 is 5.73 Å². The number of hydrogen-bond acceptors (Lipinski definition) is 2. The average molecular weight is 247 g/mol. The van der Waals surface area contributed by atoms with Crippen molar-refractivity contribution in [2.24, 2.45) is 11.8 Å². The summed E-state index contributed by atoms with van der Waals surface area (Å²) in [5, 5.41) is 0. The Morgan fingerprint density at radius 2 is 2.00 bits per heavy atom. The molecule has 1 aliphatic carbocycles. The van der Waals surface area contributed by atoms with E-state index in [9.17, 15) is 0 Å². The van der Waals surface area contributed by atoms with E-state index in [2.05, 4.69) is 11.5 Å². The van der Waals surface area contributed by atoms with E-state index in [-0.39, 0.29) is 0 Å². The highest BCUT2D eigenvalue weighted by molar-refractivity contribution is 5.39. The Hall–Kier alpha value is -0.990. The van der Waals surface area contributed by atoms with Crippen LogP contribution in [0.25, 0.3) is 0 Å². The molecule has 2 aliphatic rings. The van der Waals surface area contributed by atoms with Crippen molar-refractivity contribution < 1.29 is 0 Å². The number of aromatic nitrogens is 2. The maximum atomic E-state index is 6.29. The molecule has 1 fully saturated rings. The van der Waals surface area contributed by atoms with Crippen LogP contribution in [0.2, 0.25) is 0 Å². The van der Waals surface area contributed by atoms with Crippen molar-refractivity contribution in [3.8, 4) is 0 Å². The van der Waals surface area contributed by atoms with Crippen LogP contribution >= 0.6 is 0 Å². The van der Waals surface area contributed by atoms with E-state index in [0.29, 0.717) is 0 Å². The van der Waals surface area contributed by atoms with Gasteiger partial charge in [0.2, 0.25) is 0 Å². The number of rotatable bonds is 2. The van der Waals surface area contributed by atoms with E-state index in [1.807, 2.05) is 0 Å². The molecular weight excluding hydrogens is 222 g/mol. The fourth-order valence-electron chi connectivity index (χ4n) is 3.55. The number of hydrogen-bond donors (Lipinski definition) is 1. The van der Waals surface area contributed by atoms with Gasteiger partial charge in [0.1, 0.15) is 11.6 Å². The summed E-state index contributed by atoms with van der Waals surface area (Å²) in [6, 6.07) is 0. The second-order valence-corrected chi connectivity index (χ2v) is 6.32. The zero-order valence-corrected chi connectivity index (χ0v) is 11.5. The van der Waals surface area contributed by atoms with Gasteiger partial charge < -0.3 is 10.3 Å². The Morgan fingerprint density at radius 3 is 2.78 bits per heavy atom. The lowest BCUT2D eigenvalue weighted by Crippen LogP contribution is -2.18. The van der Waals surface area contributed by atoms with Crippen molar-refractivity contribution >= 4 is 5.82 Å². The lowest BCUT2D eigenvalue weighted by atomic mass is 9.86. The molecular formula is C15H25N3. The molecule has 3 rings (SSSR count). The molecule has 0 spiro atoms. The van der Waals surface area contributed by atoms with E-state index < -0.39 is 0 Å². The number of nitrogens with two attached hydrogens (primary N) is 1. The molecule has 0 bridgehead atoms. The Labute approximate surface area is 110 Å². The summed E-state index contributed by atoms with van der Waals surface area (Å²) in [4.78, 5) is 4.83. The zero-order valence-electron chi connectivity index (χ0n) is 11.5. The molecule has 3 nitrogen and oxygen atoms in total. The summed E-state index contributed by atoms with van der Waals surface area (Å²) < 4.78 is 2.26. The molecule has 3 heteroatoms. The maximum absolute atomic E-state index is 6.29. The van der Waals surface area contributed by atoms with Crippen molar-refractivity contribution in [2.75, 3.05) is 5.73 Å². The molecule has 100 valence electrons. The van der Waals surface area contributed by atoms with Crippen molar-refractivity contribution in [3.63, 3.8) is 0 Å². The van der Waals surface area contributed by atoms with Gasteiger partial charge in [0, 0.05) is 13.0 Å². The first-order valence-electron chi connectivity index (χ1n) is 7.58. The first-order valence-corrected chi connectivity index (χ1v) is 7.58. The molecule has 1 aliphatic heterocycles. The van der Waals surface area contributed by atoms with E-state index in [0.717, 1.165) is 37.0 Å². The summed E-state index contributed by atoms with van der Waals surface area (Å²) >= 11 is 0. The van der Waals surface area contributed by atoms with Gasteiger partial charge in [0.05, 0.1) is 5.69 Å². The molecule has 1 aromatic heterocycles. The normalized spacial score (nSPS) is 25.1. The number of imidazole rings is 1. The minimum atomic E-state index is 0.766. The van der Waals surface area contributed by atoms with Crippen molar-refractivity contribution in [1.29, 1.82) is 0 Å². The highest BCUT2D eigenvalue weighted by atomic mass is 15.1. The van der Waals surface area contributed by atoms with Crippen LogP contribution in [-0.4, -0.2) is 9.55 Å². The van der Waals surface area contributed by atoms with Crippen LogP contribution in [0.4, 0.5) is 5.82 Å². The van der Waals surface area contributed by atoms with Crippen LogP contribution in [-0.2, 0) is 19.4 Å². The largest absolute Gasteiger partial charge is 0.384 e. The fraction of sp³-hybridized carbons (Fsp3) is 0.800. The molecule has 2 N–H and O–H groups in total. The minimum Gasteiger partial charge on any atom is -0.384 e. The number of nitrogens with zero attached hydrogens (tertiary/aromatic N) is 2. The number of fused-ring (bicyclic) bond motifs is 1. The molecule has 1 saturated carbocycles. The number of anilines is 1. The minimum absolute atomic E-state index is 0.766. The molecule has 1 atom stereocenters. The van der Waals surface area contributed by atoms with Gasteiger partial charge in [-0.2, -0.15) is 0 Å². The molecule has 18 heavy (non-hydrogen) atoms. The average Bonchev–Trinajstić information content (AvgIpc) is 2.67. The van der Waals surface area contributed by atoms with E-state index in [1.54, 1.807) is 0 Å². The first-order chi connectivity index (χ1) is 8.74. The molecule has 0 amide bonds. The second kappa shape index (κ2) is 4.94. The fourth-order valence-corrected chi connectivity index (χ4v) is 3.55. The Bertz CT molecular complexity index is 416. The van der Waals surface area contributed by atoms with E-state index in [4.69, 9.17) is 10.7 Å². The van der Waals surface area contributed by atoms with Crippen LogP contribution in [0.5, 0.6) is 0 Å². The van der Waals surface area contributed by atoms with Gasteiger partial charge in [-0.1, -0.05) is 39.0 Å². The summed E-state index contributed by atoms with van der Waals surface area (Å²) in [5.41, 5.74) is 7.47. The van der Waals surface area contributed by atoms with Crippen LogP contribution in [0.3, 0.4) is 0 Å². The van der Waals surface area contributed by atoms with E-state index >= 15 is 0 Å². The van der Waals surface area contributed by atoms with Crippen molar-refractivity contribution in [3.05, 3.63) is 11.5 Å². The Morgan fingerprint density at radius 1 is 1.22 bits per heavy atom. The topological polar surface area (TPSA) is 43.8 Å². The third-order valence-electron chi connectivity index (χ3n) is 4.75. The second-order valence-electron chi connectivity index (χ2n) is 6.32. The maximum Gasteiger partial charge on any atom is 0.126 e. The van der Waals surface area contributed by atoms with Gasteiger partial charge in [-0.3, -0.25) is 0 Å². The van der Waals surface area contributed by atoms with Gasteiger partial charge in [-0.15, -0.1) is 0 Å². The third kappa shape index (κ3) is 2.27. The third-order valence-corrected chi connectivity index (χ3v) is 4.75. The van der Waals surface area contributed by atoms with Crippen LogP contribution in [0.15, 0.2) is 0 Å². The Balaban J connectivity index is 1.76. The van der Waals surface area contributed by atoms with E-state index in [1.165, 1.54) is 50.0 Å². The lowest BCUT2D eigenvalue weighted by Gasteiger charge is -2.21. The quantitative estimate of drug-likeness (QED) is 0.872. The predicted octanol–water partition coefficient (Wildman–Crippen LogP) is 3.17. The van der Waals surface area contributed by atoms with Crippen molar-refractivity contribution in [1.82, 2.24) is 9.55 Å². The van der Waals surface area contributed by atoms with Gasteiger partial charge in [-0.05, 0) is 24.7 Å². The smallest absolute Gasteiger partial charge is 0.126 e. The summed E-state index contributed by atoms with van der Waals surface area (Å²) in [7, 11) is 0. The highest BCUT2D eigenvalue weighted by Gasteiger charge is 2.23. The molecule has 0 radical (unpaired) electrons. The van der Waals surface area contributed by atoms with Crippen LogP contribution in [0, 0.1) is 11.8 Å². The molecule has 2 heterocycles. The molecule has 1 unspecified atom stereocenters. The molecule has 0 aromatic carbocycles. The highest BCUT2D eigenvalue weighted by Crippen LogP contribution is 2.30. The predicted molar refractivity (Wildman–Crippen MR) is 74.4 cm³/mol. The summed E-state index contributed by atoms with van der Waals surface area (Å²) in [5.74, 6) is 3.79. The SMILES string of the molecule is CC1CCn2c(nc(CC3CCCCC3)c2N)C1. The Kier molecular flexibility index (Phi) is 3.31. The molecule has 1 aromatic rings. The lowest BCUT2D eigenvalue weighted by molar-refractivity contribution is 0.355. The summed E-state index contributed by atoms with van der Waals surface area (Å²) in [6.07, 6.45) is 10.4. The van der Waals surface area contributed by atoms with Gasteiger partial charge >= 0.3 is 0 Å². The zero-order chi connectivity index (χ0) is 12.5. The van der Waals surface area contributed by atoms with Gasteiger partial charge in [0.15, 0.2) is 0 Å². The number of nitrogen functional groups attached to an aromatic ring is 1. The van der Waals surface area contributed by atoms with Crippen molar-refractivity contribution in [2.45, 2.75) is 64.8 Å². The van der Waals surface area contributed by atoms with Gasteiger partial charge in [0.25, 0.3) is 0 Å². The van der Waals surface area contributed by atoms with Gasteiger partial charge in [-0.25, -0.2) is 4.98 Å². The van der Waals surface area contributed by atoms with Crippen LogP contribution in [0.1, 0.15) is 57.0 Å². The standard InChI is InChI=1S/C15H25N3/c1-11-7-8-18-14(9-11)17-13(15(18)16)10-12-5-3-2-4-6-12/h11-12H,2-10,16H2,1H3. The first kappa shape index (κ1) is 12.1. The molecule has 0 saturated heterocycles.